The van der Waals surface area contributed by atoms with E-state index >= 15 is 0 Å². The number of nitrogens with two attached hydrogens (primary N) is 1. The standard InChI is InChI=1S/C26H31N3O4S/c27-25(32)24(28-23(31)14-8-7-13-22(30)19-34)26(33)29(17-15-20-9-3-1-4-10-20)18-16-21-11-5-2-6-12-21/h1-6,9-12,19,24H,7-8,13-18H2,(H2,27,32)(H,28,31). The number of thiocarbonyl (C=S) groups is 1. The van der Waals surface area contributed by atoms with Gasteiger partial charge in [-0.05, 0) is 36.8 Å². The lowest BCUT2D eigenvalue weighted by atomic mass is 10.1. The van der Waals surface area contributed by atoms with Gasteiger partial charge in [0.15, 0.2) is 11.8 Å². The van der Waals surface area contributed by atoms with Gasteiger partial charge < -0.3 is 16.0 Å². The number of amides is 3. The van der Waals surface area contributed by atoms with Gasteiger partial charge in [0.2, 0.25) is 11.8 Å². The van der Waals surface area contributed by atoms with Crippen LogP contribution >= 0.6 is 12.2 Å². The highest BCUT2D eigenvalue weighted by atomic mass is 32.1. The van der Waals surface area contributed by atoms with Crippen LogP contribution in [0.15, 0.2) is 60.7 Å². The van der Waals surface area contributed by atoms with Crippen molar-refractivity contribution in [2.45, 2.75) is 44.6 Å². The molecule has 1 unspecified atom stereocenters. The number of ketones is 1. The molecule has 0 bridgehead atoms. The van der Waals surface area contributed by atoms with E-state index in [1.807, 2.05) is 60.7 Å². The van der Waals surface area contributed by atoms with Crippen molar-refractivity contribution in [3.05, 3.63) is 71.8 Å². The maximum Gasteiger partial charge on any atom is 0.254 e. The third kappa shape index (κ3) is 9.62. The molecule has 2 aromatic carbocycles. The maximum absolute atomic E-state index is 13.3. The Bertz CT molecular complexity index is 923. The highest BCUT2D eigenvalue weighted by Gasteiger charge is 2.30. The number of rotatable bonds is 15. The topological polar surface area (TPSA) is 110 Å². The van der Waals surface area contributed by atoms with Crippen LogP contribution in [-0.4, -0.2) is 52.9 Å². The molecular weight excluding hydrogens is 450 g/mol. The van der Waals surface area contributed by atoms with E-state index in [-0.39, 0.29) is 18.6 Å². The molecule has 0 radical (unpaired) electrons. The van der Waals surface area contributed by atoms with Gasteiger partial charge in [0.1, 0.15) is 0 Å². The van der Waals surface area contributed by atoms with Crippen LogP contribution in [0.3, 0.4) is 0 Å². The smallest absolute Gasteiger partial charge is 0.254 e. The predicted molar refractivity (Wildman–Crippen MR) is 135 cm³/mol. The van der Waals surface area contributed by atoms with Gasteiger partial charge in [-0.2, -0.15) is 0 Å². The number of hydrogen-bond donors (Lipinski definition) is 2. The van der Waals surface area contributed by atoms with Crippen LogP contribution < -0.4 is 11.1 Å². The summed E-state index contributed by atoms with van der Waals surface area (Å²) in [5, 5.41) is 3.56. The summed E-state index contributed by atoms with van der Waals surface area (Å²) < 4.78 is 0. The third-order valence-electron chi connectivity index (χ3n) is 5.38. The SMILES string of the molecule is NC(=O)C(NC(=O)CCCCC(=O)C=S)C(=O)N(CCc1ccccc1)CCc1ccccc1. The van der Waals surface area contributed by atoms with E-state index in [1.165, 1.54) is 0 Å². The highest BCUT2D eigenvalue weighted by molar-refractivity contribution is 7.80. The summed E-state index contributed by atoms with van der Waals surface area (Å²) in [5.74, 6) is -2.05. The summed E-state index contributed by atoms with van der Waals surface area (Å²) in [6.07, 6.45) is 2.49. The molecule has 0 saturated heterocycles. The Hall–Kier alpha value is -3.39. The fraction of sp³-hybridized carbons (Fsp3) is 0.346. The van der Waals surface area contributed by atoms with Crippen LogP contribution in [0.1, 0.15) is 36.8 Å². The highest BCUT2D eigenvalue weighted by Crippen LogP contribution is 2.08. The molecule has 180 valence electrons. The maximum atomic E-state index is 13.3. The van der Waals surface area contributed by atoms with E-state index in [0.29, 0.717) is 38.8 Å². The average molecular weight is 482 g/mol. The second-order valence-corrected chi connectivity index (χ2v) is 8.23. The molecule has 0 aliphatic heterocycles. The molecule has 1 atom stereocenters. The number of carbonyl (C=O) groups excluding carboxylic acids is 4. The van der Waals surface area contributed by atoms with Gasteiger partial charge in [0, 0.05) is 31.3 Å². The molecule has 0 spiro atoms. The minimum atomic E-state index is -1.44. The molecule has 0 saturated carbocycles. The van der Waals surface area contributed by atoms with Gasteiger partial charge >= 0.3 is 0 Å². The Balaban J connectivity index is 2.02. The van der Waals surface area contributed by atoms with Gasteiger partial charge in [0.05, 0.1) is 0 Å². The summed E-state index contributed by atoms with van der Waals surface area (Å²) in [6.45, 7) is 0.768. The molecule has 3 N–H and O–H groups in total. The lowest BCUT2D eigenvalue weighted by molar-refractivity contribution is -0.141. The first kappa shape index (κ1) is 26.9. The molecule has 34 heavy (non-hydrogen) atoms. The molecule has 7 nitrogen and oxygen atoms in total. The van der Waals surface area contributed by atoms with Crippen LogP contribution in [0.5, 0.6) is 0 Å². The summed E-state index contributed by atoms with van der Waals surface area (Å²) in [7, 11) is 0. The first-order valence-electron chi connectivity index (χ1n) is 11.3. The lowest BCUT2D eigenvalue weighted by Gasteiger charge is -2.27. The Morgan fingerprint density at radius 2 is 1.35 bits per heavy atom. The number of unbranched alkanes of at least 4 members (excludes halogenated alkanes) is 1. The first-order chi connectivity index (χ1) is 16.4. The second kappa shape index (κ2) is 14.7. The van der Waals surface area contributed by atoms with E-state index in [2.05, 4.69) is 17.5 Å². The number of Topliss-reactive ketones (excluding diaryl/α,β-unsaturated/α-hetero) is 1. The van der Waals surface area contributed by atoms with Crippen molar-refractivity contribution in [3.63, 3.8) is 0 Å². The zero-order valence-corrected chi connectivity index (χ0v) is 20.0. The normalized spacial score (nSPS) is 11.3. The van der Waals surface area contributed by atoms with E-state index in [9.17, 15) is 19.2 Å². The van der Waals surface area contributed by atoms with Gasteiger partial charge in [-0.15, -0.1) is 0 Å². The zero-order valence-electron chi connectivity index (χ0n) is 19.2. The van der Waals surface area contributed by atoms with Crippen LogP contribution in [0, 0.1) is 0 Å². The minimum Gasteiger partial charge on any atom is -0.367 e. The van der Waals surface area contributed by atoms with Gasteiger partial charge in [-0.1, -0.05) is 72.9 Å². The molecule has 3 amide bonds. The molecule has 0 aromatic heterocycles. The number of primary amides is 1. The van der Waals surface area contributed by atoms with Crippen molar-refractivity contribution >= 4 is 41.1 Å². The molecule has 2 aromatic rings. The van der Waals surface area contributed by atoms with Crippen molar-refractivity contribution in [1.29, 1.82) is 0 Å². The summed E-state index contributed by atoms with van der Waals surface area (Å²) in [6, 6.07) is 18.0. The van der Waals surface area contributed by atoms with Crippen molar-refractivity contribution in [2.24, 2.45) is 5.73 Å². The molecule has 0 heterocycles. The molecule has 2 rings (SSSR count). The fourth-order valence-electron chi connectivity index (χ4n) is 3.46. The number of hydrogen-bond acceptors (Lipinski definition) is 5. The monoisotopic (exact) mass is 481 g/mol. The molecule has 0 aliphatic carbocycles. The Morgan fingerprint density at radius 1 is 0.853 bits per heavy atom. The number of benzene rings is 2. The predicted octanol–water partition coefficient (Wildman–Crippen LogP) is 2.40. The van der Waals surface area contributed by atoms with Crippen molar-refractivity contribution < 1.29 is 19.2 Å². The number of carbonyl (C=O) groups is 4. The Labute approximate surface area is 205 Å². The van der Waals surface area contributed by atoms with E-state index in [1.54, 1.807) is 4.90 Å². The van der Waals surface area contributed by atoms with Crippen LogP contribution in [0.4, 0.5) is 0 Å². The largest absolute Gasteiger partial charge is 0.367 e. The van der Waals surface area contributed by atoms with Crippen LogP contribution in [0.25, 0.3) is 0 Å². The van der Waals surface area contributed by atoms with Gasteiger partial charge in [-0.25, -0.2) is 0 Å². The minimum absolute atomic E-state index is 0.0792. The molecule has 8 heteroatoms. The zero-order chi connectivity index (χ0) is 24.8. The Morgan fingerprint density at radius 3 is 1.82 bits per heavy atom. The second-order valence-electron chi connectivity index (χ2n) is 7.99. The van der Waals surface area contributed by atoms with E-state index in [0.717, 1.165) is 16.5 Å². The van der Waals surface area contributed by atoms with Gasteiger partial charge in [-0.3, -0.25) is 19.2 Å². The number of nitrogens with one attached hydrogen (secondary N) is 1. The molecular formula is C26H31N3O4S. The summed E-state index contributed by atoms with van der Waals surface area (Å²) in [5.41, 5.74) is 7.61. The van der Waals surface area contributed by atoms with Crippen molar-refractivity contribution in [3.8, 4) is 0 Å². The Kier molecular flexibility index (Phi) is 11.6. The van der Waals surface area contributed by atoms with Crippen molar-refractivity contribution in [1.82, 2.24) is 10.2 Å². The average Bonchev–Trinajstić information content (AvgIpc) is 2.85. The number of nitrogens with zero attached hydrogens (tertiary/aromatic N) is 1. The third-order valence-corrected chi connectivity index (χ3v) is 5.65. The van der Waals surface area contributed by atoms with Crippen LogP contribution in [-0.2, 0) is 32.0 Å². The summed E-state index contributed by atoms with van der Waals surface area (Å²) >= 11 is 4.57. The van der Waals surface area contributed by atoms with E-state index in [4.69, 9.17) is 5.73 Å². The van der Waals surface area contributed by atoms with E-state index < -0.39 is 23.8 Å². The quantitative estimate of drug-likeness (QED) is 0.231. The summed E-state index contributed by atoms with van der Waals surface area (Å²) in [4.78, 5) is 50.5. The van der Waals surface area contributed by atoms with Crippen LogP contribution in [0.2, 0.25) is 0 Å². The van der Waals surface area contributed by atoms with Crippen molar-refractivity contribution in [2.75, 3.05) is 13.1 Å². The van der Waals surface area contributed by atoms with Gasteiger partial charge in [0.25, 0.3) is 5.91 Å². The first-order valence-corrected chi connectivity index (χ1v) is 11.8. The molecule has 0 fully saturated rings. The lowest BCUT2D eigenvalue weighted by Crippen LogP contribution is -2.55. The molecule has 0 aliphatic rings. The fourth-order valence-corrected chi connectivity index (χ4v) is 3.58.